The minimum atomic E-state index is 0.720. The first-order chi connectivity index (χ1) is 12.2. The highest BCUT2D eigenvalue weighted by atomic mass is 15.0. The molecule has 1 fully saturated rings. The molecular weight excluding hydrogens is 304 g/mol. The Kier molecular flexibility index (Phi) is 12.9. The topological polar surface area (TPSA) is 24.1 Å². The van der Waals surface area contributed by atoms with E-state index in [1.54, 1.807) is 0 Å². The van der Waals surface area contributed by atoms with Gasteiger partial charge < -0.3 is 10.6 Å². The molecule has 0 heterocycles. The molecule has 1 aliphatic rings. The van der Waals surface area contributed by atoms with Gasteiger partial charge in [0.15, 0.2) is 0 Å². The highest BCUT2D eigenvalue weighted by molar-refractivity contribution is 4.89. The second-order valence-corrected chi connectivity index (χ2v) is 8.65. The Hall–Kier alpha value is -0.0800. The highest BCUT2D eigenvalue weighted by Gasteiger charge is 2.29. The van der Waals surface area contributed by atoms with Crippen molar-refractivity contribution in [1.82, 2.24) is 10.6 Å². The quantitative estimate of drug-likeness (QED) is 0.391. The summed E-state index contributed by atoms with van der Waals surface area (Å²) in [5, 5.41) is 7.91. The minimum Gasteiger partial charge on any atom is -0.313 e. The molecule has 0 aromatic heterocycles. The van der Waals surface area contributed by atoms with Gasteiger partial charge in [-0.3, -0.25) is 0 Å². The maximum atomic E-state index is 3.96. The van der Waals surface area contributed by atoms with Gasteiger partial charge in [-0.25, -0.2) is 0 Å². The van der Waals surface area contributed by atoms with Gasteiger partial charge in [0.25, 0.3) is 0 Å². The molecule has 2 nitrogen and oxygen atoms in total. The Balaban J connectivity index is 2.38. The summed E-state index contributed by atoms with van der Waals surface area (Å²) in [6.07, 6.45) is 15.0. The maximum Gasteiger partial charge on any atom is 0.0108 e. The molecule has 25 heavy (non-hydrogen) atoms. The first-order valence-corrected chi connectivity index (χ1v) is 11.6. The Bertz CT molecular complexity index is 276. The molecule has 4 atom stereocenters. The van der Waals surface area contributed by atoms with Gasteiger partial charge in [-0.05, 0) is 56.5 Å². The van der Waals surface area contributed by atoms with E-state index < -0.39 is 0 Å². The van der Waals surface area contributed by atoms with E-state index in [0.717, 1.165) is 29.8 Å². The lowest BCUT2D eigenvalue weighted by Crippen LogP contribution is -2.50. The van der Waals surface area contributed by atoms with Crippen molar-refractivity contribution < 1.29 is 0 Å². The van der Waals surface area contributed by atoms with E-state index in [1.165, 1.54) is 83.7 Å². The molecule has 1 rings (SSSR count). The van der Waals surface area contributed by atoms with Gasteiger partial charge in [-0.1, -0.05) is 79.6 Å². The second kappa shape index (κ2) is 14.0. The standard InChI is InChI=1S/C23H48N2/c1-6-10-13-20(8-3)17-24-22-15-12-16-23(19(22)5)25-18-21(9-4)14-11-7-2/h19-25H,6-18H2,1-5H3. The average Bonchev–Trinajstić information content (AvgIpc) is 2.64. The van der Waals surface area contributed by atoms with E-state index in [0.29, 0.717) is 0 Å². The van der Waals surface area contributed by atoms with Crippen molar-refractivity contribution >= 4 is 0 Å². The molecule has 4 unspecified atom stereocenters. The van der Waals surface area contributed by atoms with E-state index in [4.69, 9.17) is 0 Å². The summed E-state index contributed by atoms with van der Waals surface area (Å²) < 4.78 is 0. The SMILES string of the molecule is CCCCC(CC)CNC1CCCC(NCC(CC)CCCC)C1C. The van der Waals surface area contributed by atoms with E-state index in [9.17, 15) is 0 Å². The van der Waals surface area contributed by atoms with Crippen LogP contribution in [0.25, 0.3) is 0 Å². The third-order valence-corrected chi connectivity index (χ3v) is 6.72. The van der Waals surface area contributed by atoms with E-state index in [-0.39, 0.29) is 0 Å². The molecule has 0 amide bonds. The Labute approximate surface area is 159 Å². The van der Waals surface area contributed by atoms with Gasteiger partial charge in [0, 0.05) is 12.1 Å². The van der Waals surface area contributed by atoms with Gasteiger partial charge in [0.2, 0.25) is 0 Å². The van der Waals surface area contributed by atoms with E-state index in [1.807, 2.05) is 0 Å². The van der Waals surface area contributed by atoms with Crippen molar-refractivity contribution in [3.63, 3.8) is 0 Å². The highest BCUT2D eigenvalue weighted by Crippen LogP contribution is 2.26. The minimum absolute atomic E-state index is 0.720. The summed E-state index contributed by atoms with van der Waals surface area (Å²) in [7, 11) is 0. The first kappa shape index (κ1) is 23.0. The summed E-state index contributed by atoms with van der Waals surface area (Å²) in [5.74, 6) is 2.51. The van der Waals surface area contributed by atoms with E-state index >= 15 is 0 Å². The van der Waals surface area contributed by atoms with Gasteiger partial charge >= 0.3 is 0 Å². The lowest BCUT2D eigenvalue weighted by atomic mass is 9.81. The molecule has 2 N–H and O–H groups in total. The number of rotatable bonds is 14. The lowest BCUT2D eigenvalue weighted by Gasteiger charge is -2.38. The van der Waals surface area contributed by atoms with Crippen LogP contribution in [-0.4, -0.2) is 25.2 Å². The van der Waals surface area contributed by atoms with Crippen LogP contribution >= 0.6 is 0 Å². The summed E-state index contributed by atoms with van der Waals surface area (Å²) >= 11 is 0. The molecule has 0 bridgehead atoms. The fraction of sp³-hybridized carbons (Fsp3) is 1.00. The number of nitrogens with one attached hydrogen (secondary N) is 2. The van der Waals surface area contributed by atoms with Crippen molar-refractivity contribution in [2.75, 3.05) is 13.1 Å². The van der Waals surface area contributed by atoms with Gasteiger partial charge in [-0.2, -0.15) is 0 Å². The van der Waals surface area contributed by atoms with Crippen LogP contribution in [0, 0.1) is 17.8 Å². The predicted molar refractivity (Wildman–Crippen MR) is 113 cm³/mol. The average molecular weight is 353 g/mol. The zero-order valence-corrected chi connectivity index (χ0v) is 18.1. The Morgan fingerprint density at radius 3 is 1.56 bits per heavy atom. The van der Waals surface area contributed by atoms with Crippen molar-refractivity contribution in [1.29, 1.82) is 0 Å². The molecule has 1 saturated carbocycles. The van der Waals surface area contributed by atoms with Crippen LogP contribution in [0.1, 0.15) is 105 Å². The third-order valence-electron chi connectivity index (χ3n) is 6.72. The van der Waals surface area contributed by atoms with Crippen LogP contribution in [0.3, 0.4) is 0 Å². The molecule has 150 valence electrons. The zero-order valence-electron chi connectivity index (χ0n) is 18.1. The predicted octanol–water partition coefficient (Wildman–Crippen LogP) is 6.16. The Morgan fingerprint density at radius 1 is 0.760 bits per heavy atom. The van der Waals surface area contributed by atoms with Crippen LogP contribution in [0.4, 0.5) is 0 Å². The summed E-state index contributed by atoms with van der Waals surface area (Å²) in [6, 6.07) is 1.44. The Morgan fingerprint density at radius 2 is 1.20 bits per heavy atom. The maximum absolute atomic E-state index is 3.96. The first-order valence-electron chi connectivity index (χ1n) is 11.6. The van der Waals surface area contributed by atoms with Crippen molar-refractivity contribution in [2.45, 2.75) is 117 Å². The normalized spacial score (nSPS) is 26.5. The number of hydrogen-bond donors (Lipinski definition) is 2. The second-order valence-electron chi connectivity index (χ2n) is 8.65. The summed E-state index contributed by atoms with van der Waals surface area (Å²) in [4.78, 5) is 0. The van der Waals surface area contributed by atoms with E-state index in [2.05, 4.69) is 45.3 Å². The summed E-state index contributed by atoms with van der Waals surface area (Å²) in [5.41, 5.74) is 0. The molecule has 0 aromatic carbocycles. The molecule has 2 heteroatoms. The number of hydrogen-bond acceptors (Lipinski definition) is 2. The van der Waals surface area contributed by atoms with Crippen LogP contribution in [-0.2, 0) is 0 Å². The molecule has 0 aromatic rings. The summed E-state index contributed by atoms with van der Waals surface area (Å²) in [6.45, 7) is 14.3. The van der Waals surface area contributed by atoms with Crippen LogP contribution in [0.2, 0.25) is 0 Å². The molecule has 1 aliphatic carbocycles. The molecule has 0 radical (unpaired) electrons. The fourth-order valence-electron chi connectivity index (χ4n) is 4.46. The van der Waals surface area contributed by atoms with Crippen molar-refractivity contribution in [3.8, 4) is 0 Å². The lowest BCUT2D eigenvalue weighted by molar-refractivity contribution is 0.199. The largest absolute Gasteiger partial charge is 0.313 e. The zero-order chi connectivity index (χ0) is 18.5. The third kappa shape index (κ3) is 8.91. The molecule has 0 aliphatic heterocycles. The molecule has 0 saturated heterocycles. The molecular formula is C23H48N2. The molecule has 0 spiro atoms. The van der Waals surface area contributed by atoms with Crippen molar-refractivity contribution in [3.05, 3.63) is 0 Å². The fourth-order valence-corrected chi connectivity index (χ4v) is 4.46. The van der Waals surface area contributed by atoms with Crippen molar-refractivity contribution in [2.24, 2.45) is 17.8 Å². The monoisotopic (exact) mass is 352 g/mol. The van der Waals surface area contributed by atoms with Crippen LogP contribution in [0.15, 0.2) is 0 Å². The van der Waals surface area contributed by atoms with Gasteiger partial charge in [0.05, 0.1) is 0 Å². The smallest absolute Gasteiger partial charge is 0.0108 e. The number of unbranched alkanes of at least 4 members (excludes halogenated alkanes) is 2. The van der Waals surface area contributed by atoms with Gasteiger partial charge in [-0.15, -0.1) is 0 Å². The van der Waals surface area contributed by atoms with Crippen LogP contribution < -0.4 is 10.6 Å². The van der Waals surface area contributed by atoms with Crippen LogP contribution in [0.5, 0.6) is 0 Å². The van der Waals surface area contributed by atoms with Gasteiger partial charge in [0.1, 0.15) is 0 Å².